The number of aryl methyl sites for hydroxylation is 1. The fourth-order valence-corrected chi connectivity index (χ4v) is 2.93. The Hall–Kier alpha value is -1.82. The first-order valence-electron chi connectivity index (χ1n) is 8.26. The van der Waals surface area contributed by atoms with Gasteiger partial charge in [0.25, 0.3) is 0 Å². The second kappa shape index (κ2) is 8.15. The van der Waals surface area contributed by atoms with Crippen molar-refractivity contribution in [2.75, 3.05) is 19.8 Å². The molecule has 1 aromatic heterocycles. The Bertz CT molecular complexity index is 559. The molecule has 0 aromatic carbocycles. The summed E-state index contributed by atoms with van der Waals surface area (Å²) >= 11 is 0. The average molecular weight is 322 g/mol. The summed E-state index contributed by atoms with van der Waals surface area (Å²) in [7, 11) is 0. The van der Waals surface area contributed by atoms with Gasteiger partial charge in [-0.1, -0.05) is 0 Å². The van der Waals surface area contributed by atoms with Gasteiger partial charge in [-0.15, -0.1) is 0 Å². The van der Waals surface area contributed by atoms with Gasteiger partial charge in [0.1, 0.15) is 5.69 Å². The van der Waals surface area contributed by atoms with Crippen molar-refractivity contribution in [3.8, 4) is 0 Å². The Kier molecular flexibility index (Phi) is 6.21. The molecule has 0 aliphatic carbocycles. The highest BCUT2D eigenvalue weighted by atomic mass is 16.5. The summed E-state index contributed by atoms with van der Waals surface area (Å²) < 4.78 is 10.5. The van der Waals surface area contributed by atoms with E-state index in [1.165, 1.54) is 0 Å². The number of hydrogen-bond acceptors (Lipinski definition) is 4. The van der Waals surface area contributed by atoms with Gasteiger partial charge in [0, 0.05) is 25.3 Å². The maximum atomic E-state index is 12.0. The van der Waals surface area contributed by atoms with Crippen LogP contribution in [0, 0.1) is 13.8 Å². The predicted octanol–water partition coefficient (Wildman–Crippen LogP) is 2.04. The van der Waals surface area contributed by atoms with Crippen molar-refractivity contribution in [1.82, 2.24) is 10.3 Å². The minimum absolute atomic E-state index is 0.0122. The number of nitrogens with one attached hydrogen (secondary N) is 2. The van der Waals surface area contributed by atoms with Gasteiger partial charge in [-0.2, -0.15) is 0 Å². The van der Waals surface area contributed by atoms with Gasteiger partial charge >= 0.3 is 5.97 Å². The summed E-state index contributed by atoms with van der Waals surface area (Å²) in [5.74, 6) is -0.333. The van der Waals surface area contributed by atoms with Crippen LogP contribution in [0.25, 0.3) is 0 Å². The molecule has 2 rings (SSSR count). The van der Waals surface area contributed by atoms with Crippen molar-refractivity contribution < 1.29 is 19.1 Å². The smallest absolute Gasteiger partial charge is 0.355 e. The molecule has 6 heteroatoms. The summed E-state index contributed by atoms with van der Waals surface area (Å²) in [4.78, 5) is 26.9. The van der Waals surface area contributed by atoms with E-state index in [1.807, 2.05) is 13.8 Å². The molecular weight excluding hydrogens is 296 g/mol. The maximum absolute atomic E-state index is 12.0. The first-order chi connectivity index (χ1) is 11.0. The SMILES string of the molecule is CCOC(=O)c1[nH]c(C)c(CCC(=O)NC[C@@H]2CCCO2)c1C. The molecule has 1 aliphatic rings. The largest absolute Gasteiger partial charge is 0.461 e. The van der Waals surface area contributed by atoms with E-state index in [4.69, 9.17) is 9.47 Å². The van der Waals surface area contributed by atoms with E-state index in [0.717, 1.165) is 36.3 Å². The van der Waals surface area contributed by atoms with Crippen LogP contribution >= 0.6 is 0 Å². The number of hydrogen-bond donors (Lipinski definition) is 2. The van der Waals surface area contributed by atoms with Crippen LogP contribution in [0.4, 0.5) is 0 Å². The number of H-pyrrole nitrogens is 1. The summed E-state index contributed by atoms with van der Waals surface area (Å²) in [6.07, 6.45) is 3.24. The standard InChI is InChI=1S/C17H26N2O4/c1-4-22-17(21)16-11(2)14(12(3)19-16)7-8-15(20)18-10-13-6-5-9-23-13/h13,19H,4-10H2,1-3H3,(H,18,20)/t13-/m0/s1. The Morgan fingerprint density at radius 2 is 2.17 bits per heavy atom. The molecule has 0 saturated carbocycles. The van der Waals surface area contributed by atoms with Crippen molar-refractivity contribution >= 4 is 11.9 Å². The third kappa shape index (κ3) is 4.58. The monoisotopic (exact) mass is 322 g/mol. The average Bonchev–Trinajstić information content (AvgIpc) is 3.12. The van der Waals surface area contributed by atoms with Crippen LogP contribution in [0.3, 0.4) is 0 Å². The number of aromatic nitrogens is 1. The van der Waals surface area contributed by atoms with Crippen molar-refractivity contribution in [3.05, 3.63) is 22.5 Å². The van der Waals surface area contributed by atoms with Crippen molar-refractivity contribution in [2.45, 2.75) is 52.6 Å². The lowest BCUT2D eigenvalue weighted by atomic mass is 10.0. The second-order valence-electron chi connectivity index (χ2n) is 5.89. The summed E-state index contributed by atoms with van der Waals surface area (Å²) in [5, 5.41) is 2.92. The zero-order valence-corrected chi connectivity index (χ0v) is 14.2. The van der Waals surface area contributed by atoms with E-state index >= 15 is 0 Å². The molecule has 0 radical (unpaired) electrons. The fourth-order valence-electron chi connectivity index (χ4n) is 2.93. The van der Waals surface area contributed by atoms with Crippen LogP contribution in [0.15, 0.2) is 0 Å². The van der Waals surface area contributed by atoms with Crippen molar-refractivity contribution in [2.24, 2.45) is 0 Å². The van der Waals surface area contributed by atoms with Gasteiger partial charge in [-0.05, 0) is 51.2 Å². The number of carbonyl (C=O) groups excluding carboxylic acids is 2. The van der Waals surface area contributed by atoms with Crippen molar-refractivity contribution in [1.29, 1.82) is 0 Å². The number of ether oxygens (including phenoxy) is 2. The van der Waals surface area contributed by atoms with Gasteiger partial charge in [0.2, 0.25) is 5.91 Å². The van der Waals surface area contributed by atoms with Crippen LogP contribution in [-0.4, -0.2) is 42.7 Å². The summed E-state index contributed by atoms with van der Waals surface area (Å²) in [6, 6.07) is 0. The molecule has 2 N–H and O–H groups in total. The topological polar surface area (TPSA) is 80.4 Å². The zero-order valence-electron chi connectivity index (χ0n) is 14.2. The first kappa shape index (κ1) is 17.5. The van der Waals surface area contributed by atoms with E-state index in [1.54, 1.807) is 6.92 Å². The van der Waals surface area contributed by atoms with E-state index in [-0.39, 0.29) is 18.0 Å². The van der Waals surface area contributed by atoms with Crippen LogP contribution in [0.2, 0.25) is 0 Å². The number of amides is 1. The maximum Gasteiger partial charge on any atom is 0.355 e. The van der Waals surface area contributed by atoms with Gasteiger partial charge in [-0.25, -0.2) is 4.79 Å². The molecule has 0 bridgehead atoms. The highest BCUT2D eigenvalue weighted by molar-refractivity contribution is 5.90. The number of carbonyl (C=O) groups is 2. The van der Waals surface area contributed by atoms with E-state index < -0.39 is 0 Å². The predicted molar refractivity (Wildman–Crippen MR) is 86.5 cm³/mol. The number of rotatable bonds is 7. The molecule has 1 amide bonds. The minimum Gasteiger partial charge on any atom is -0.461 e. The first-order valence-corrected chi connectivity index (χ1v) is 8.26. The third-order valence-electron chi connectivity index (χ3n) is 4.23. The molecular formula is C17H26N2O4. The van der Waals surface area contributed by atoms with Crippen LogP contribution in [-0.2, 0) is 20.7 Å². The highest BCUT2D eigenvalue weighted by Crippen LogP contribution is 2.20. The Morgan fingerprint density at radius 1 is 1.39 bits per heavy atom. The molecule has 6 nitrogen and oxygen atoms in total. The lowest BCUT2D eigenvalue weighted by molar-refractivity contribution is -0.121. The normalized spacial score (nSPS) is 17.3. The lowest BCUT2D eigenvalue weighted by Crippen LogP contribution is -2.31. The minimum atomic E-state index is -0.345. The summed E-state index contributed by atoms with van der Waals surface area (Å²) in [5.41, 5.74) is 3.28. The van der Waals surface area contributed by atoms with Gasteiger partial charge in [0.05, 0.1) is 12.7 Å². The Balaban J connectivity index is 1.87. The second-order valence-corrected chi connectivity index (χ2v) is 5.89. The third-order valence-corrected chi connectivity index (χ3v) is 4.23. The summed E-state index contributed by atoms with van der Waals surface area (Å²) in [6.45, 7) is 7.29. The van der Waals surface area contributed by atoms with Gasteiger partial charge in [-0.3, -0.25) is 4.79 Å². The van der Waals surface area contributed by atoms with E-state index in [2.05, 4.69) is 10.3 Å². The molecule has 23 heavy (non-hydrogen) atoms. The van der Waals surface area contributed by atoms with E-state index in [9.17, 15) is 9.59 Å². The molecule has 1 fully saturated rings. The number of esters is 1. The van der Waals surface area contributed by atoms with Crippen LogP contribution < -0.4 is 5.32 Å². The molecule has 0 spiro atoms. The van der Waals surface area contributed by atoms with Crippen LogP contribution in [0.5, 0.6) is 0 Å². The van der Waals surface area contributed by atoms with Gasteiger partial charge in [0.15, 0.2) is 0 Å². The molecule has 1 saturated heterocycles. The Labute approximate surface area is 136 Å². The fraction of sp³-hybridized carbons (Fsp3) is 0.647. The molecule has 1 aromatic rings. The lowest BCUT2D eigenvalue weighted by Gasteiger charge is -2.10. The van der Waals surface area contributed by atoms with E-state index in [0.29, 0.717) is 31.7 Å². The quantitative estimate of drug-likeness (QED) is 0.753. The molecule has 1 aliphatic heterocycles. The molecule has 1 atom stereocenters. The highest BCUT2D eigenvalue weighted by Gasteiger charge is 2.19. The Morgan fingerprint density at radius 3 is 2.83 bits per heavy atom. The molecule has 128 valence electrons. The van der Waals surface area contributed by atoms with Crippen LogP contribution in [0.1, 0.15) is 53.5 Å². The zero-order chi connectivity index (χ0) is 16.8. The number of aromatic amines is 1. The van der Waals surface area contributed by atoms with Crippen molar-refractivity contribution in [3.63, 3.8) is 0 Å². The molecule has 2 heterocycles. The van der Waals surface area contributed by atoms with Gasteiger partial charge < -0.3 is 19.8 Å². The molecule has 0 unspecified atom stereocenters.